The first-order chi connectivity index (χ1) is 16.3. The fourth-order valence-corrected chi connectivity index (χ4v) is 5.54. The van der Waals surface area contributed by atoms with Crippen LogP contribution >= 0.6 is 23.2 Å². The van der Waals surface area contributed by atoms with Gasteiger partial charge in [-0.1, -0.05) is 71.7 Å². The van der Waals surface area contributed by atoms with Gasteiger partial charge in [-0.05, 0) is 47.5 Å². The maximum Gasteiger partial charge on any atom is 0.142 e. The minimum Gasteiger partial charge on any atom is -0.497 e. The molecule has 4 aromatic rings. The maximum absolute atomic E-state index is 12.5. The fraction of sp³-hybridized carbons (Fsp3) is 0.143. The van der Waals surface area contributed by atoms with E-state index >= 15 is 0 Å². The molecule has 0 bridgehead atoms. The molecule has 0 spiro atoms. The largest absolute Gasteiger partial charge is 0.497 e. The summed E-state index contributed by atoms with van der Waals surface area (Å²) in [5, 5.41) is 25.6. The lowest BCUT2D eigenvalue weighted by Gasteiger charge is -2.46. The summed E-state index contributed by atoms with van der Waals surface area (Å²) >= 11 is 13.5. The zero-order valence-corrected chi connectivity index (χ0v) is 20.1. The average molecular weight is 493 g/mol. The van der Waals surface area contributed by atoms with Crippen molar-refractivity contribution in [2.45, 2.75) is 11.2 Å². The number of aliphatic hydroxyl groups is 2. The zero-order chi connectivity index (χ0) is 24.1. The van der Waals surface area contributed by atoms with Crippen molar-refractivity contribution < 1.29 is 19.7 Å². The molecule has 1 aliphatic rings. The molecule has 4 nitrogen and oxygen atoms in total. The lowest BCUT2D eigenvalue weighted by Crippen LogP contribution is -2.44. The van der Waals surface area contributed by atoms with Crippen LogP contribution in [0.3, 0.4) is 0 Å². The standard InChI is InChI=1S/C28H22Cl2O4/c1-33-19-13-9-17(10-14-19)27(31)21-5-3-8-24(30)26(21)28(32,18-11-15-20(34-2)16-12-18)22-6-4-7-23(29)25(22)27/h3-16,31-32H,1-2H3/t27-,28-/m1/s1. The van der Waals surface area contributed by atoms with E-state index in [1.54, 1.807) is 99.1 Å². The first-order valence-corrected chi connectivity index (χ1v) is 11.4. The number of methoxy groups -OCH3 is 2. The van der Waals surface area contributed by atoms with Crippen molar-refractivity contribution in [1.29, 1.82) is 0 Å². The van der Waals surface area contributed by atoms with Crippen LogP contribution in [0.4, 0.5) is 0 Å². The molecule has 0 radical (unpaired) electrons. The monoisotopic (exact) mass is 492 g/mol. The Morgan fingerprint density at radius 2 is 0.912 bits per heavy atom. The SMILES string of the molecule is COc1ccc([C@@]2(O)c3cccc(Cl)c3[C@@](O)(c3ccc(OC)cc3)c3cccc(Cl)c32)cc1. The highest BCUT2D eigenvalue weighted by Crippen LogP contribution is 2.56. The van der Waals surface area contributed by atoms with Gasteiger partial charge in [-0.25, -0.2) is 0 Å². The van der Waals surface area contributed by atoms with E-state index in [2.05, 4.69) is 0 Å². The van der Waals surface area contributed by atoms with Gasteiger partial charge in [0.1, 0.15) is 22.7 Å². The second-order valence-electron chi connectivity index (χ2n) is 8.20. The van der Waals surface area contributed by atoms with Crippen molar-refractivity contribution in [2.24, 2.45) is 0 Å². The van der Waals surface area contributed by atoms with Gasteiger partial charge in [0.25, 0.3) is 0 Å². The number of rotatable bonds is 4. The fourth-order valence-electron chi connectivity index (χ4n) is 4.92. The summed E-state index contributed by atoms with van der Waals surface area (Å²) in [4.78, 5) is 0. The molecule has 172 valence electrons. The van der Waals surface area contributed by atoms with Crippen molar-refractivity contribution in [3.05, 3.63) is 128 Å². The third kappa shape index (κ3) is 3.14. The van der Waals surface area contributed by atoms with Gasteiger partial charge in [-0.15, -0.1) is 0 Å². The quantitative estimate of drug-likeness (QED) is 0.372. The van der Waals surface area contributed by atoms with E-state index in [-0.39, 0.29) is 0 Å². The first kappa shape index (κ1) is 22.8. The Labute approximate surface area is 207 Å². The molecule has 2 atom stereocenters. The van der Waals surface area contributed by atoms with Gasteiger partial charge in [0, 0.05) is 32.3 Å². The number of halogens is 2. The van der Waals surface area contributed by atoms with Gasteiger partial charge < -0.3 is 19.7 Å². The van der Waals surface area contributed by atoms with Gasteiger partial charge in [-0.2, -0.15) is 0 Å². The van der Waals surface area contributed by atoms with Crippen LogP contribution in [0.15, 0.2) is 84.9 Å². The van der Waals surface area contributed by atoms with E-state index in [9.17, 15) is 10.2 Å². The molecule has 1 aliphatic carbocycles. The van der Waals surface area contributed by atoms with Gasteiger partial charge in [0.15, 0.2) is 0 Å². The van der Waals surface area contributed by atoms with E-state index in [0.717, 1.165) is 0 Å². The normalized spacial score (nSPS) is 20.9. The molecule has 6 heteroatoms. The zero-order valence-electron chi connectivity index (χ0n) is 18.5. The van der Waals surface area contributed by atoms with Crippen molar-refractivity contribution in [2.75, 3.05) is 14.2 Å². The Morgan fingerprint density at radius 3 is 1.24 bits per heavy atom. The van der Waals surface area contributed by atoms with Crippen LogP contribution in [0.1, 0.15) is 33.4 Å². The molecule has 0 amide bonds. The Bertz CT molecular complexity index is 1260. The number of benzene rings is 4. The Kier molecular flexibility index (Phi) is 5.58. The highest BCUT2D eigenvalue weighted by Gasteiger charge is 2.53. The summed E-state index contributed by atoms with van der Waals surface area (Å²) in [6.07, 6.45) is 0. The van der Waals surface area contributed by atoms with Gasteiger partial charge in [-0.3, -0.25) is 0 Å². The summed E-state index contributed by atoms with van der Waals surface area (Å²) in [5.74, 6) is 1.31. The highest BCUT2D eigenvalue weighted by atomic mass is 35.5. The molecule has 0 fully saturated rings. The molecule has 0 heterocycles. The predicted molar refractivity (Wildman–Crippen MR) is 133 cm³/mol. The minimum absolute atomic E-state index is 0.327. The average Bonchev–Trinajstić information content (AvgIpc) is 2.87. The van der Waals surface area contributed by atoms with Crippen LogP contribution in [0.2, 0.25) is 10.0 Å². The van der Waals surface area contributed by atoms with Gasteiger partial charge in [0.2, 0.25) is 0 Å². The molecule has 2 N–H and O–H groups in total. The van der Waals surface area contributed by atoms with Crippen molar-refractivity contribution in [3.8, 4) is 11.5 Å². The molecular formula is C28H22Cl2O4. The van der Waals surface area contributed by atoms with Crippen LogP contribution in [0, 0.1) is 0 Å². The van der Waals surface area contributed by atoms with E-state index in [1.807, 2.05) is 0 Å². The van der Waals surface area contributed by atoms with Crippen LogP contribution in [-0.2, 0) is 11.2 Å². The summed E-state index contributed by atoms with van der Waals surface area (Å²) in [5.41, 5.74) is -0.499. The van der Waals surface area contributed by atoms with Gasteiger partial charge in [0.05, 0.1) is 14.2 Å². The lowest BCUT2D eigenvalue weighted by molar-refractivity contribution is 0.0749. The van der Waals surface area contributed by atoms with E-state index in [0.29, 0.717) is 54.9 Å². The molecule has 4 aromatic carbocycles. The molecule has 0 saturated carbocycles. The second-order valence-corrected chi connectivity index (χ2v) is 9.02. The van der Waals surface area contributed by atoms with Crippen molar-refractivity contribution >= 4 is 23.2 Å². The smallest absolute Gasteiger partial charge is 0.142 e. The van der Waals surface area contributed by atoms with E-state index < -0.39 is 11.2 Å². The number of hydrogen-bond donors (Lipinski definition) is 2. The van der Waals surface area contributed by atoms with Crippen LogP contribution in [0.25, 0.3) is 0 Å². The Balaban J connectivity index is 1.89. The number of fused-ring (bicyclic) bond motifs is 2. The Hall–Kier alpha value is -3.02. The lowest BCUT2D eigenvalue weighted by atomic mass is 9.63. The van der Waals surface area contributed by atoms with Gasteiger partial charge >= 0.3 is 0 Å². The first-order valence-electron chi connectivity index (χ1n) is 10.7. The molecular weight excluding hydrogens is 471 g/mol. The number of hydrogen-bond acceptors (Lipinski definition) is 4. The summed E-state index contributed by atoms with van der Waals surface area (Å²) in [6, 6.07) is 24.7. The van der Waals surface area contributed by atoms with E-state index in [4.69, 9.17) is 32.7 Å². The van der Waals surface area contributed by atoms with Crippen LogP contribution in [0.5, 0.6) is 11.5 Å². The topological polar surface area (TPSA) is 58.9 Å². The molecule has 0 aliphatic heterocycles. The second kappa shape index (κ2) is 8.33. The third-order valence-electron chi connectivity index (χ3n) is 6.55. The maximum atomic E-state index is 12.5. The molecule has 34 heavy (non-hydrogen) atoms. The summed E-state index contributed by atoms with van der Waals surface area (Å²) in [7, 11) is 3.17. The van der Waals surface area contributed by atoms with Crippen LogP contribution in [-0.4, -0.2) is 24.4 Å². The van der Waals surface area contributed by atoms with E-state index in [1.165, 1.54) is 0 Å². The number of ether oxygens (including phenoxy) is 2. The minimum atomic E-state index is -1.67. The third-order valence-corrected chi connectivity index (χ3v) is 7.18. The molecule has 0 unspecified atom stereocenters. The van der Waals surface area contributed by atoms with Crippen LogP contribution < -0.4 is 9.47 Å². The molecule has 0 saturated heterocycles. The Morgan fingerprint density at radius 1 is 0.559 bits per heavy atom. The highest BCUT2D eigenvalue weighted by molar-refractivity contribution is 6.32. The molecule has 0 aromatic heterocycles. The summed E-state index contributed by atoms with van der Waals surface area (Å²) in [6.45, 7) is 0. The molecule has 5 rings (SSSR count). The summed E-state index contributed by atoms with van der Waals surface area (Å²) < 4.78 is 10.6. The predicted octanol–water partition coefficient (Wildman–Crippen LogP) is 5.89. The van der Waals surface area contributed by atoms with Crippen molar-refractivity contribution in [1.82, 2.24) is 0 Å². The van der Waals surface area contributed by atoms with Crippen molar-refractivity contribution in [3.63, 3.8) is 0 Å².